The van der Waals surface area contributed by atoms with Crippen LogP contribution in [0.25, 0.3) is 21.8 Å². The van der Waals surface area contributed by atoms with Crippen LogP contribution in [0.2, 0.25) is 5.02 Å². The molecule has 1 aromatic heterocycles. The second-order valence-electron chi connectivity index (χ2n) is 6.02. The fourth-order valence-electron chi connectivity index (χ4n) is 3.40. The summed E-state index contributed by atoms with van der Waals surface area (Å²) < 4.78 is 2.24. The average Bonchev–Trinajstić information content (AvgIpc) is 2.78. The molecule has 1 saturated carbocycles. The quantitative estimate of drug-likeness (QED) is 0.776. The van der Waals surface area contributed by atoms with Crippen LogP contribution in [-0.4, -0.2) is 10.5 Å². The monoisotopic (exact) mass is 311 g/mol. The Labute approximate surface area is 133 Å². The fraction of sp³-hybridized carbons (Fsp3) is 0.278. The number of aromatic nitrogens is 1. The maximum Gasteiger partial charge on any atom is 0.249 e. The molecule has 2 aromatic carbocycles. The number of rotatable bonds is 3. The van der Waals surface area contributed by atoms with Crippen LogP contribution < -0.4 is 5.73 Å². The highest BCUT2D eigenvalue weighted by atomic mass is 35.5. The first-order valence-electron chi connectivity index (χ1n) is 7.57. The summed E-state index contributed by atoms with van der Waals surface area (Å²) in [5.41, 5.74) is 8.07. The van der Waals surface area contributed by atoms with Gasteiger partial charge in [-0.2, -0.15) is 0 Å². The molecule has 3 aromatic rings. The molecule has 0 saturated heterocycles. The Morgan fingerprint density at radius 1 is 1.36 bits per heavy atom. The molecule has 2 N–H and O–H groups in total. The van der Waals surface area contributed by atoms with Gasteiger partial charge < -0.3 is 10.3 Å². The van der Waals surface area contributed by atoms with Crippen LogP contribution in [0.1, 0.15) is 29.6 Å². The Morgan fingerprint density at radius 3 is 2.86 bits per heavy atom. The van der Waals surface area contributed by atoms with Gasteiger partial charge in [-0.25, -0.2) is 0 Å². The summed E-state index contributed by atoms with van der Waals surface area (Å²) in [5.74, 6) is 0.272. The molecule has 1 fully saturated rings. The van der Waals surface area contributed by atoms with E-state index in [4.69, 9.17) is 17.3 Å². The summed E-state index contributed by atoms with van der Waals surface area (Å²) in [5, 5.41) is 2.45. The van der Waals surface area contributed by atoms with Gasteiger partial charge >= 0.3 is 0 Å². The van der Waals surface area contributed by atoms with E-state index in [1.54, 1.807) is 12.1 Å². The van der Waals surface area contributed by atoms with Crippen molar-refractivity contribution in [2.75, 3.05) is 0 Å². The SMILES string of the molecule is NC(=O)c1cccc2c1c1[c]ccc(Cl)c1n2CC1CCC1. The zero-order chi connectivity index (χ0) is 15.3. The molecule has 4 heteroatoms. The predicted octanol–water partition coefficient (Wildman–Crippen LogP) is 4.15. The van der Waals surface area contributed by atoms with Crippen molar-refractivity contribution < 1.29 is 4.79 Å². The Balaban J connectivity index is 2.10. The highest BCUT2D eigenvalue weighted by Crippen LogP contribution is 2.37. The van der Waals surface area contributed by atoms with Crippen molar-refractivity contribution in [1.29, 1.82) is 0 Å². The smallest absolute Gasteiger partial charge is 0.249 e. The zero-order valence-corrected chi connectivity index (χ0v) is 12.9. The van der Waals surface area contributed by atoms with Gasteiger partial charge in [0, 0.05) is 28.4 Å². The van der Waals surface area contributed by atoms with E-state index >= 15 is 0 Å². The molecule has 0 unspecified atom stereocenters. The topological polar surface area (TPSA) is 48.0 Å². The number of hydrogen-bond acceptors (Lipinski definition) is 1. The van der Waals surface area contributed by atoms with Crippen LogP contribution in [0.4, 0.5) is 0 Å². The van der Waals surface area contributed by atoms with E-state index in [1.807, 2.05) is 18.2 Å². The average molecular weight is 312 g/mol. The summed E-state index contributed by atoms with van der Waals surface area (Å²) in [7, 11) is 0. The number of nitrogens with two attached hydrogens (primary N) is 1. The van der Waals surface area contributed by atoms with Crippen molar-refractivity contribution in [2.45, 2.75) is 25.8 Å². The summed E-state index contributed by atoms with van der Waals surface area (Å²) in [4.78, 5) is 11.8. The minimum Gasteiger partial charge on any atom is -0.366 e. The molecule has 111 valence electrons. The molecule has 0 aliphatic heterocycles. The summed E-state index contributed by atoms with van der Waals surface area (Å²) in [6.45, 7) is 0.930. The summed E-state index contributed by atoms with van der Waals surface area (Å²) in [6, 6.07) is 12.6. The van der Waals surface area contributed by atoms with E-state index in [2.05, 4.69) is 10.6 Å². The van der Waals surface area contributed by atoms with Crippen molar-refractivity contribution in [3.05, 3.63) is 47.0 Å². The molecule has 1 aliphatic carbocycles. The largest absolute Gasteiger partial charge is 0.366 e. The lowest BCUT2D eigenvalue weighted by atomic mass is 9.85. The van der Waals surface area contributed by atoms with Gasteiger partial charge in [0.1, 0.15) is 0 Å². The molecule has 0 atom stereocenters. The van der Waals surface area contributed by atoms with Gasteiger partial charge in [-0.3, -0.25) is 4.79 Å². The first-order valence-corrected chi connectivity index (χ1v) is 7.95. The van der Waals surface area contributed by atoms with Crippen molar-refractivity contribution in [3.63, 3.8) is 0 Å². The first-order chi connectivity index (χ1) is 10.7. The second-order valence-corrected chi connectivity index (χ2v) is 6.43. The van der Waals surface area contributed by atoms with Crippen molar-refractivity contribution in [2.24, 2.45) is 11.7 Å². The number of carbonyl (C=O) groups is 1. The van der Waals surface area contributed by atoms with Gasteiger partial charge in [-0.05, 0) is 43.0 Å². The first kappa shape index (κ1) is 13.6. The number of hydrogen-bond donors (Lipinski definition) is 1. The van der Waals surface area contributed by atoms with Crippen molar-refractivity contribution >= 4 is 39.3 Å². The van der Waals surface area contributed by atoms with E-state index in [-0.39, 0.29) is 0 Å². The third-order valence-corrected chi connectivity index (χ3v) is 5.01. The molecular weight excluding hydrogens is 296 g/mol. The highest BCUT2D eigenvalue weighted by molar-refractivity contribution is 6.36. The number of amides is 1. The summed E-state index contributed by atoms with van der Waals surface area (Å²) >= 11 is 6.45. The van der Waals surface area contributed by atoms with Crippen molar-refractivity contribution in [3.8, 4) is 0 Å². The Hall–Kier alpha value is -2.00. The van der Waals surface area contributed by atoms with Gasteiger partial charge in [-0.1, -0.05) is 30.2 Å². The van der Waals surface area contributed by atoms with Crippen LogP contribution >= 0.6 is 11.6 Å². The van der Waals surface area contributed by atoms with E-state index < -0.39 is 5.91 Å². The van der Waals surface area contributed by atoms with E-state index in [0.717, 1.165) is 28.4 Å². The maximum atomic E-state index is 11.8. The fourth-order valence-corrected chi connectivity index (χ4v) is 3.66. The molecule has 4 rings (SSSR count). The number of fused-ring (bicyclic) bond motifs is 3. The number of carbonyl (C=O) groups excluding carboxylic acids is 1. The van der Waals surface area contributed by atoms with Crippen LogP contribution in [0.15, 0.2) is 30.3 Å². The van der Waals surface area contributed by atoms with Gasteiger partial charge in [0.25, 0.3) is 0 Å². The second kappa shape index (κ2) is 5.03. The van der Waals surface area contributed by atoms with Crippen LogP contribution in [0.3, 0.4) is 0 Å². The van der Waals surface area contributed by atoms with Crippen molar-refractivity contribution in [1.82, 2.24) is 4.57 Å². The third kappa shape index (κ3) is 1.92. The number of primary amides is 1. The Morgan fingerprint density at radius 2 is 2.18 bits per heavy atom. The van der Waals surface area contributed by atoms with Gasteiger partial charge in [0.2, 0.25) is 5.91 Å². The lowest BCUT2D eigenvalue weighted by molar-refractivity contribution is 0.100. The van der Waals surface area contributed by atoms with E-state index in [9.17, 15) is 4.79 Å². The molecule has 3 nitrogen and oxygen atoms in total. The lowest BCUT2D eigenvalue weighted by Gasteiger charge is -2.26. The highest BCUT2D eigenvalue weighted by Gasteiger charge is 2.23. The minimum absolute atomic E-state index is 0.415. The van der Waals surface area contributed by atoms with Crippen LogP contribution in [-0.2, 0) is 6.54 Å². The number of benzene rings is 2. The normalized spacial score (nSPS) is 15.3. The molecular formula is C18H16ClN2O. The van der Waals surface area contributed by atoms with Crippen LogP contribution in [0, 0.1) is 12.0 Å². The zero-order valence-electron chi connectivity index (χ0n) is 12.1. The molecule has 1 amide bonds. The van der Waals surface area contributed by atoms with E-state index in [1.165, 1.54) is 19.3 Å². The van der Waals surface area contributed by atoms with Crippen LogP contribution in [0.5, 0.6) is 0 Å². The van der Waals surface area contributed by atoms with E-state index in [0.29, 0.717) is 16.5 Å². The van der Waals surface area contributed by atoms with Gasteiger partial charge in [0.05, 0.1) is 10.5 Å². The maximum absolute atomic E-state index is 11.8. The van der Waals surface area contributed by atoms with Gasteiger partial charge in [0.15, 0.2) is 0 Å². The summed E-state index contributed by atoms with van der Waals surface area (Å²) in [6.07, 6.45) is 3.81. The number of nitrogens with zero attached hydrogens (tertiary/aromatic N) is 1. The molecule has 1 aliphatic rings. The third-order valence-electron chi connectivity index (χ3n) is 4.70. The minimum atomic E-state index is -0.415. The number of halogens is 1. The predicted molar refractivity (Wildman–Crippen MR) is 89.1 cm³/mol. The Kier molecular flexibility index (Phi) is 3.12. The molecule has 1 heterocycles. The van der Waals surface area contributed by atoms with Gasteiger partial charge in [-0.15, -0.1) is 0 Å². The standard InChI is InChI=1S/C18H16ClN2O/c19-14-8-2-6-12-16-13(18(20)22)7-3-9-15(16)21(17(12)14)10-11-4-1-5-11/h2-3,7-9,11H,1,4-5,10H2,(H2,20,22). The molecule has 22 heavy (non-hydrogen) atoms. The molecule has 0 bridgehead atoms. The molecule has 1 radical (unpaired) electrons. The molecule has 0 spiro atoms. The lowest BCUT2D eigenvalue weighted by Crippen LogP contribution is -2.18. The Bertz CT molecular complexity index is 893.